The van der Waals surface area contributed by atoms with E-state index in [-0.39, 0.29) is 29.5 Å². The van der Waals surface area contributed by atoms with Crippen molar-refractivity contribution >= 4 is 45.9 Å². The maximum Gasteiger partial charge on any atom is 0.345 e. The zero-order chi connectivity index (χ0) is 26.5. The Balaban J connectivity index is 1.44. The van der Waals surface area contributed by atoms with E-state index in [2.05, 4.69) is 20.2 Å². The van der Waals surface area contributed by atoms with Gasteiger partial charge >= 0.3 is 5.97 Å². The van der Waals surface area contributed by atoms with Crippen molar-refractivity contribution in [1.29, 1.82) is 0 Å². The van der Waals surface area contributed by atoms with Crippen molar-refractivity contribution in [3.8, 4) is 11.4 Å². The van der Waals surface area contributed by atoms with Crippen LogP contribution in [0.15, 0.2) is 89.8 Å². The van der Waals surface area contributed by atoms with Gasteiger partial charge in [-0.05, 0) is 36.4 Å². The zero-order valence-corrected chi connectivity index (χ0v) is 21.7. The second-order valence-corrected chi connectivity index (χ2v) is 9.34. The Morgan fingerprint density at radius 2 is 1.76 bits per heavy atom. The molecule has 0 atom stereocenters. The molecule has 0 radical (unpaired) electrons. The third kappa shape index (κ3) is 5.36. The van der Waals surface area contributed by atoms with Crippen molar-refractivity contribution < 1.29 is 19.4 Å². The molecule has 0 aliphatic heterocycles. The van der Waals surface area contributed by atoms with Gasteiger partial charge in [0.05, 0.1) is 28.9 Å². The molecule has 192 valence electrons. The van der Waals surface area contributed by atoms with Crippen LogP contribution in [0.4, 0.5) is 0 Å². The Kier molecular flexibility index (Phi) is 7.62. The fourth-order valence-electron chi connectivity index (χ4n) is 3.76. The monoisotopic (exact) mass is 547 g/mol. The number of esters is 1. The summed E-state index contributed by atoms with van der Waals surface area (Å²) in [6.07, 6.45) is 0. The van der Waals surface area contributed by atoms with E-state index < -0.39 is 5.97 Å². The molecule has 38 heavy (non-hydrogen) atoms. The summed E-state index contributed by atoms with van der Waals surface area (Å²) < 4.78 is 12.7. The number of nitrogens with zero attached hydrogens (tertiary/aromatic N) is 4. The van der Waals surface area contributed by atoms with Gasteiger partial charge in [-0.2, -0.15) is 0 Å². The van der Waals surface area contributed by atoms with Gasteiger partial charge < -0.3 is 19.6 Å². The molecule has 0 aliphatic carbocycles. The number of carbonyl (C=O) groups is 1. The summed E-state index contributed by atoms with van der Waals surface area (Å²) in [5.41, 5.74) is 2.16. The highest BCUT2D eigenvalue weighted by atomic mass is 35.5. The van der Waals surface area contributed by atoms with Crippen LogP contribution in [-0.4, -0.2) is 48.7 Å². The molecule has 0 fully saturated rings. The van der Waals surface area contributed by atoms with Crippen LogP contribution >= 0.6 is 23.4 Å². The molecule has 0 amide bonds. The van der Waals surface area contributed by atoms with Crippen LogP contribution in [0.3, 0.4) is 0 Å². The maximum atomic E-state index is 12.6. The predicted octanol–water partition coefficient (Wildman–Crippen LogP) is 5.61. The molecule has 0 spiro atoms. The number of hydrogen-bond acceptors (Lipinski definition) is 8. The van der Waals surface area contributed by atoms with Gasteiger partial charge in [0.15, 0.2) is 11.0 Å². The topological polar surface area (TPSA) is 115 Å². The van der Waals surface area contributed by atoms with Crippen LogP contribution in [0.25, 0.3) is 22.3 Å². The number of hydrogen-bond donors (Lipinski definition) is 2. The lowest BCUT2D eigenvalue weighted by molar-refractivity contribution is -0.133. The molecule has 0 saturated heterocycles. The number of para-hydroxylation sites is 4. The number of benzene rings is 3. The van der Waals surface area contributed by atoms with Gasteiger partial charge in [0.2, 0.25) is 0 Å². The van der Waals surface area contributed by atoms with E-state index >= 15 is 0 Å². The van der Waals surface area contributed by atoms with Crippen LogP contribution in [-0.2, 0) is 16.1 Å². The number of aromatic nitrogens is 5. The van der Waals surface area contributed by atoms with Crippen molar-refractivity contribution in [3.05, 3.63) is 101 Å². The summed E-state index contributed by atoms with van der Waals surface area (Å²) in [4.78, 5) is 20.1. The highest BCUT2D eigenvalue weighted by Gasteiger charge is 2.23. The molecule has 0 saturated carbocycles. The Morgan fingerprint density at radius 1 is 1.03 bits per heavy atom. The number of imidazole rings is 1. The second-order valence-electron chi connectivity index (χ2n) is 7.99. The molecule has 0 bridgehead atoms. The fraction of sp³-hybridized carbons (Fsp3) is 0.111. The van der Waals surface area contributed by atoms with E-state index in [1.165, 1.54) is 18.9 Å². The standard InChI is InChI=1S/C27H22ClN5O4S/c1-36-26(35)24(25-29-19-12-6-7-13-20(19)30-25)21(34)16-38-27-32-31-23(33(27)17-9-3-2-4-10-17)15-37-22-14-8-5-11-18(22)28/h2-14,34H,15-16H2,1H3,(H,29,30)/b24-21+. The summed E-state index contributed by atoms with van der Waals surface area (Å²) in [5.74, 6) is 0.373. The number of aliphatic hydroxyl groups is 1. The van der Waals surface area contributed by atoms with E-state index in [1.807, 2.05) is 71.3 Å². The highest BCUT2D eigenvalue weighted by Crippen LogP contribution is 2.29. The van der Waals surface area contributed by atoms with Gasteiger partial charge in [-0.15, -0.1) is 10.2 Å². The van der Waals surface area contributed by atoms with E-state index in [9.17, 15) is 9.90 Å². The van der Waals surface area contributed by atoms with Crippen LogP contribution in [0, 0.1) is 0 Å². The molecule has 5 rings (SSSR count). The summed E-state index contributed by atoms with van der Waals surface area (Å²) in [6, 6.07) is 24.0. The first kappa shape index (κ1) is 25.4. The molecular formula is C27H22ClN5O4S. The third-order valence-electron chi connectivity index (χ3n) is 5.55. The van der Waals surface area contributed by atoms with Crippen LogP contribution < -0.4 is 4.74 Å². The van der Waals surface area contributed by atoms with Gasteiger partial charge in [-0.1, -0.05) is 65.8 Å². The number of nitrogens with one attached hydrogen (secondary N) is 1. The van der Waals surface area contributed by atoms with Gasteiger partial charge in [-0.3, -0.25) is 4.57 Å². The first-order valence-corrected chi connectivity index (χ1v) is 12.9. The van der Waals surface area contributed by atoms with E-state index in [1.54, 1.807) is 12.1 Å². The highest BCUT2D eigenvalue weighted by molar-refractivity contribution is 7.99. The minimum atomic E-state index is -0.708. The molecule has 5 aromatic rings. The number of halogens is 1. The summed E-state index contributed by atoms with van der Waals surface area (Å²) in [5, 5.41) is 20.6. The van der Waals surface area contributed by atoms with Gasteiger partial charge in [0.25, 0.3) is 0 Å². The lowest BCUT2D eigenvalue weighted by atomic mass is 10.2. The number of rotatable bonds is 9. The summed E-state index contributed by atoms with van der Waals surface area (Å²) in [6.45, 7) is 0.112. The minimum Gasteiger partial charge on any atom is -0.510 e. The molecule has 0 unspecified atom stereocenters. The fourth-order valence-corrected chi connectivity index (χ4v) is 4.80. The Bertz CT molecular complexity index is 1580. The average molecular weight is 548 g/mol. The van der Waals surface area contributed by atoms with Crippen LogP contribution in [0.2, 0.25) is 5.02 Å². The van der Waals surface area contributed by atoms with Crippen molar-refractivity contribution in [2.75, 3.05) is 12.9 Å². The average Bonchev–Trinajstić information content (AvgIpc) is 3.55. The number of carbonyl (C=O) groups excluding carboxylic acids is 1. The SMILES string of the molecule is COC(=O)/C(=C(/O)CSc1nnc(COc2ccccc2Cl)n1-c1ccccc1)c1nc2ccccc2[nH]1. The van der Waals surface area contributed by atoms with Crippen LogP contribution in [0.5, 0.6) is 5.75 Å². The number of aliphatic hydroxyl groups excluding tert-OH is 1. The molecule has 2 N–H and O–H groups in total. The van der Waals surface area contributed by atoms with E-state index in [0.717, 1.165) is 11.2 Å². The molecule has 11 heteroatoms. The summed E-state index contributed by atoms with van der Waals surface area (Å²) >= 11 is 7.43. The summed E-state index contributed by atoms with van der Waals surface area (Å²) in [7, 11) is 1.25. The lowest BCUT2D eigenvalue weighted by Gasteiger charge is -2.12. The number of fused-ring (bicyclic) bond motifs is 1. The Morgan fingerprint density at radius 3 is 2.53 bits per heavy atom. The third-order valence-corrected chi connectivity index (χ3v) is 6.80. The predicted molar refractivity (Wildman–Crippen MR) is 146 cm³/mol. The van der Waals surface area contributed by atoms with Crippen molar-refractivity contribution in [2.24, 2.45) is 0 Å². The minimum absolute atomic E-state index is 0.0117. The Hall–Kier alpha value is -4.28. The van der Waals surface area contributed by atoms with E-state index in [0.29, 0.717) is 27.3 Å². The normalized spacial score (nSPS) is 11.8. The maximum absolute atomic E-state index is 12.6. The molecule has 2 aromatic heterocycles. The second kappa shape index (κ2) is 11.4. The molecule has 3 aromatic carbocycles. The molecular weight excluding hydrogens is 526 g/mol. The molecule has 2 heterocycles. The largest absolute Gasteiger partial charge is 0.510 e. The first-order chi connectivity index (χ1) is 18.5. The first-order valence-electron chi connectivity index (χ1n) is 11.5. The van der Waals surface area contributed by atoms with Crippen molar-refractivity contribution in [2.45, 2.75) is 11.8 Å². The van der Waals surface area contributed by atoms with Crippen LogP contribution in [0.1, 0.15) is 11.6 Å². The van der Waals surface area contributed by atoms with Gasteiger partial charge in [-0.25, -0.2) is 9.78 Å². The van der Waals surface area contributed by atoms with Crippen molar-refractivity contribution in [3.63, 3.8) is 0 Å². The Labute approximate surface area is 227 Å². The number of aromatic amines is 1. The van der Waals surface area contributed by atoms with E-state index in [4.69, 9.17) is 21.1 Å². The molecule has 0 aliphatic rings. The lowest BCUT2D eigenvalue weighted by Crippen LogP contribution is -2.10. The molecule has 9 nitrogen and oxygen atoms in total. The zero-order valence-electron chi connectivity index (χ0n) is 20.2. The van der Waals surface area contributed by atoms with Gasteiger partial charge in [0.1, 0.15) is 29.5 Å². The number of methoxy groups -OCH3 is 1. The quantitative estimate of drug-likeness (QED) is 0.106. The number of ether oxygens (including phenoxy) is 2. The van der Waals surface area contributed by atoms with Crippen molar-refractivity contribution in [1.82, 2.24) is 24.7 Å². The number of H-pyrrole nitrogens is 1. The number of thioether (sulfide) groups is 1. The smallest absolute Gasteiger partial charge is 0.345 e. The van der Waals surface area contributed by atoms with Gasteiger partial charge in [0, 0.05) is 5.69 Å².